The van der Waals surface area contributed by atoms with Crippen LogP contribution < -0.4 is 0 Å². The van der Waals surface area contributed by atoms with Gasteiger partial charge in [0.15, 0.2) is 0 Å². The molecule has 0 aliphatic heterocycles. The molecule has 1 atom stereocenters. The Morgan fingerprint density at radius 2 is 2.00 bits per heavy atom. The maximum atomic E-state index is 5.65. The van der Waals surface area contributed by atoms with E-state index in [2.05, 4.69) is 45.0 Å². The maximum absolute atomic E-state index is 5.65. The van der Waals surface area contributed by atoms with Gasteiger partial charge in [-0.3, -0.25) is 0 Å². The average Bonchev–Trinajstić information content (AvgIpc) is 2.20. The molecule has 0 saturated heterocycles. The summed E-state index contributed by atoms with van der Waals surface area (Å²) >= 11 is 0. The van der Waals surface area contributed by atoms with Crippen molar-refractivity contribution >= 4 is 0 Å². The number of hydrogen-bond donors (Lipinski definition) is 0. The Morgan fingerprint density at radius 3 is 2.64 bits per heavy atom. The topological polar surface area (TPSA) is 9.23 Å². The lowest BCUT2D eigenvalue weighted by Gasteiger charge is -2.10. The quantitative estimate of drug-likeness (QED) is 0.693. The first-order valence-corrected chi connectivity index (χ1v) is 5.36. The molecular weight excluding hydrogens is 172 g/mol. The van der Waals surface area contributed by atoms with Gasteiger partial charge in [-0.05, 0) is 24.0 Å². The van der Waals surface area contributed by atoms with Crippen molar-refractivity contribution in [2.24, 2.45) is 5.92 Å². The van der Waals surface area contributed by atoms with Crippen molar-refractivity contribution in [3.05, 3.63) is 35.4 Å². The maximum Gasteiger partial charge on any atom is 0.0719 e. The van der Waals surface area contributed by atoms with Crippen LogP contribution in [0.4, 0.5) is 0 Å². The summed E-state index contributed by atoms with van der Waals surface area (Å²) in [6.07, 6.45) is 1.19. The SMILES string of the molecule is CCC(C)COCc1ccccc1C. The Kier molecular flexibility index (Phi) is 4.68. The van der Waals surface area contributed by atoms with Crippen molar-refractivity contribution < 1.29 is 4.74 Å². The van der Waals surface area contributed by atoms with E-state index in [9.17, 15) is 0 Å². The highest BCUT2D eigenvalue weighted by Crippen LogP contribution is 2.09. The van der Waals surface area contributed by atoms with E-state index >= 15 is 0 Å². The summed E-state index contributed by atoms with van der Waals surface area (Å²) in [6.45, 7) is 8.16. The second-order valence-corrected chi connectivity index (χ2v) is 3.96. The first kappa shape index (κ1) is 11.3. The molecule has 0 aliphatic rings. The summed E-state index contributed by atoms with van der Waals surface area (Å²) in [6, 6.07) is 8.39. The average molecular weight is 192 g/mol. The van der Waals surface area contributed by atoms with Crippen molar-refractivity contribution in [3.8, 4) is 0 Å². The van der Waals surface area contributed by atoms with E-state index in [-0.39, 0.29) is 0 Å². The lowest BCUT2D eigenvalue weighted by molar-refractivity contribution is 0.0907. The molecule has 1 unspecified atom stereocenters. The number of hydrogen-bond acceptors (Lipinski definition) is 1. The lowest BCUT2D eigenvalue weighted by atomic mass is 10.1. The van der Waals surface area contributed by atoms with Gasteiger partial charge in [0.2, 0.25) is 0 Å². The molecule has 1 heteroatoms. The second-order valence-electron chi connectivity index (χ2n) is 3.96. The Labute approximate surface area is 87.1 Å². The lowest BCUT2D eigenvalue weighted by Crippen LogP contribution is -2.05. The van der Waals surface area contributed by atoms with E-state index in [0.717, 1.165) is 13.2 Å². The highest BCUT2D eigenvalue weighted by Gasteiger charge is 2.00. The van der Waals surface area contributed by atoms with Gasteiger partial charge < -0.3 is 4.74 Å². The molecule has 0 radical (unpaired) electrons. The molecule has 0 saturated carbocycles. The van der Waals surface area contributed by atoms with E-state index in [1.807, 2.05) is 0 Å². The zero-order chi connectivity index (χ0) is 10.4. The first-order chi connectivity index (χ1) is 6.74. The standard InChI is InChI=1S/C13H20O/c1-4-11(2)9-14-10-13-8-6-5-7-12(13)3/h5-8,11H,4,9-10H2,1-3H3. The van der Waals surface area contributed by atoms with Gasteiger partial charge in [-0.2, -0.15) is 0 Å². The van der Waals surface area contributed by atoms with E-state index < -0.39 is 0 Å². The molecule has 14 heavy (non-hydrogen) atoms. The van der Waals surface area contributed by atoms with Crippen LogP contribution in [-0.4, -0.2) is 6.61 Å². The fourth-order valence-corrected chi connectivity index (χ4v) is 1.26. The van der Waals surface area contributed by atoms with E-state index in [0.29, 0.717) is 5.92 Å². The van der Waals surface area contributed by atoms with Gasteiger partial charge in [-0.1, -0.05) is 44.5 Å². The summed E-state index contributed by atoms with van der Waals surface area (Å²) in [5.74, 6) is 0.666. The molecular formula is C13H20O. The predicted molar refractivity (Wildman–Crippen MR) is 60.3 cm³/mol. The van der Waals surface area contributed by atoms with Gasteiger partial charge in [-0.25, -0.2) is 0 Å². The molecule has 0 bridgehead atoms. The minimum atomic E-state index is 0.666. The Morgan fingerprint density at radius 1 is 1.29 bits per heavy atom. The summed E-state index contributed by atoms with van der Waals surface area (Å²) in [7, 11) is 0. The second kappa shape index (κ2) is 5.82. The fraction of sp³-hybridized carbons (Fsp3) is 0.538. The molecule has 0 aromatic heterocycles. The largest absolute Gasteiger partial charge is 0.376 e. The van der Waals surface area contributed by atoms with Crippen LogP contribution in [0.3, 0.4) is 0 Å². The Balaban J connectivity index is 2.35. The van der Waals surface area contributed by atoms with Crippen LogP contribution in [-0.2, 0) is 11.3 Å². The molecule has 78 valence electrons. The van der Waals surface area contributed by atoms with Crippen molar-refractivity contribution in [2.45, 2.75) is 33.8 Å². The van der Waals surface area contributed by atoms with Crippen LogP contribution in [0.1, 0.15) is 31.4 Å². The molecule has 0 aliphatic carbocycles. The van der Waals surface area contributed by atoms with Crippen LogP contribution >= 0.6 is 0 Å². The van der Waals surface area contributed by atoms with E-state index in [4.69, 9.17) is 4.74 Å². The van der Waals surface area contributed by atoms with Crippen molar-refractivity contribution in [1.82, 2.24) is 0 Å². The minimum Gasteiger partial charge on any atom is -0.376 e. The number of aryl methyl sites for hydroxylation is 1. The van der Waals surface area contributed by atoms with E-state index in [1.54, 1.807) is 0 Å². The summed E-state index contributed by atoms with van der Waals surface area (Å²) in [5, 5.41) is 0. The molecule has 0 spiro atoms. The van der Waals surface area contributed by atoms with Gasteiger partial charge in [0.05, 0.1) is 6.61 Å². The third-order valence-electron chi connectivity index (χ3n) is 2.62. The van der Waals surface area contributed by atoms with Crippen LogP contribution in [0.5, 0.6) is 0 Å². The summed E-state index contributed by atoms with van der Waals surface area (Å²) in [4.78, 5) is 0. The van der Waals surface area contributed by atoms with Crippen LogP contribution in [0, 0.1) is 12.8 Å². The zero-order valence-corrected chi connectivity index (χ0v) is 9.42. The molecule has 0 fully saturated rings. The Hall–Kier alpha value is -0.820. The molecule has 1 aromatic carbocycles. The molecule has 0 amide bonds. The van der Waals surface area contributed by atoms with Gasteiger partial charge in [0.25, 0.3) is 0 Å². The normalized spacial score (nSPS) is 12.8. The molecule has 1 aromatic rings. The van der Waals surface area contributed by atoms with Crippen molar-refractivity contribution in [3.63, 3.8) is 0 Å². The summed E-state index contributed by atoms with van der Waals surface area (Å²) < 4.78 is 5.65. The zero-order valence-electron chi connectivity index (χ0n) is 9.42. The minimum absolute atomic E-state index is 0.666. The van der Waals surface area contributed by atoms with Crippen LogP contribution in [0.2, 0.25) is 0 Å². The summed E-state index contributed by atoms with van der Waals surface area (Å²) in [5.41, 5.74) is 2.62. The predicted octanol–water partition coefficient (Wildman–Crippen LogP) is 3.56. The number of benzene rings is 1. The smallest absolute Gasteiger partial charge is 0.0719 e. The van der Waals surface area contributed by atoms with E-state index in [1.165, 1.54) is 17.5 Å². The van der Waals surface area contributed by atoms with Gasteiger partial charge in [-0.15, -0.1) is 0 Å². The highest BCUT2D eigenvalue weighted by molar-refractivity contribution is 5.24. The van der Waals surface area contributed by atoms with Crippen molar-refractivity contribution in [1.29, 1.82) is 0 Å². The monoisotopic (exact) mass is 192 g/mol. The van der Waals surface area contributed by atoms with Crippen LogP contribution in [0.15, 0.2) is 24.3 Å². The highest BCUT2D eigenvalue weighted by atomic mass is 16.5. The van der Waals surface area contributed by atoms with Gasteiger partial charge in [0, 0.05) is 6.61 Å². The van der Waals surface area contributed by atoms with Gasteiger partial charge in [0.1, 0.15) is 0 Å². The molecule has 1 nitrogen and oxygen atoms in total. The molecule has 1 rings (SSSR count). The fourth-order valence-electron chi connectivity index (χ4n) is 1.26. The van der Waals surface area contributed by atoms with Crippen molar-refractivity contribution in [2.75, 3.05) is 6.61 Å². The third-order valence-corrected chi connectivity index (χ3v) is 2.62. The first-order valence-electron chi connectivity index (χ1n) is 5.36. The third kappa shape index (κ3) is 3.51. The number of rotatable bonds is 5. The van der Waals surface area contributed by atoms with Crippen LogP contribution in [0.25, 0.3) is 0 Å². The molecule has 0 heterocycles. The van der Waals surface area contributed by atoms with Gasteiger partial charge >= 0.3 is 0 Å². The number of ether oxygens (including phenoxy) is 1. The Bertz CT molecular complexity index is 268. The molecule has 0 N–H and O–H groups in total.